The van der Waals surface area contributed by atoms with E-state index in [4.69, 9.17) is 4.74 Å². The monoisotopic (exact) mass is 412 g/mol. The number of pyridine rings is 1. The van der Waals surface area contributed by atoms with E-state index in [1.54, 1.807) is 11.7 Å². The number of carbonyl (C=O) groups is 1. The topological polar surface area (TPSA) is 51.5 Å². The van der Waals surface area contributed by atoms with Crippen LogP contribution in [-0.2, 0) is 11.3 Å². The Hall–Kier alpha value is -2.30. The van der Waals surface area contributed by atoms with Crippen molar-refractivity contribution in [2.45, 2.75) is 72.3 Å². The summed E-state index contributed by atoms with van der Waals surface area (Å²) in [4.78, 5) is 28.5. The number of hydrogen-bond donors (Lipinski definition) is 0. The molecule has 0 aliphatic heterocycles. The first kappa shape index (κ1) is 22.4. The molecule has 5 nitrogen and oxygen atoms in total. The number of likely N-dealkylation sites (N-methyl/N-ethyl adjacent to an activating group) is 1. The first-order valence-electron chi connectivity index (χ1n) is 11.2. The average Bonchev–Trinajstić information content (AvgIpc) is 3.23. The zero-order valence-electron chi connectivity index (χ0n) is 19.2. The number of benzene rings is 1. The van der Waals surface area contributed by atoms with Crippen LogP contribution in [-0.4, -0.2) is 35.6 Å². The zero-order chi connectivity index (χ0) is 21.9. The molecule has 164 valence electrons. The molecule has 0 radical (unpaired) electrons. The van der Waals surface area contributed by atoms with Crippen LogP contribution in [0.4, 0.5) is 0 Å². The number of fused-ring (bicyclic) bond motifs is 1. The van der Waals surface area contributed by atoms with Gasteiger partial charge >= 0.3 is 0 Å². The lowest BCUT2D eigenvalue weighted by Gasteiger charge is -2.26. The Balaban J connectivity index is 2.00. The molecule has 1 amide bonds. The van der Waals surface area contributed by atoms with Crippen LogP contribution in [0.5, 0.6) is 5.75 Å². The summed E-state index contributed by atoms with van der Waals surface area (Å²) in [7, 11) is 1.62. The van der Waals surface area contributed by atoms with Crippen LogP contribution in [0.25, 0.3) is 10.9 Å². The molecular formula is C25H36N2O3. The predicted octanol–water partition coefficient (Wildman–Crippen LogP) is 4.95. The second-order valence-corrected chi connectivity index (χ2v) is 9.68. The molecule has 1 aromatic carbocycles. The Kier molecular flexibility index (Phi) is 6.89. The van der Waals surface area contributed by atoms with Gasteiger partial charge in [-0.2, -0.15) is 0 Å². The van der Waals surface area contributed by atoms with Crippen LogP contribution in [0.1, 0.15) is 71.3 Å². The SMILES string of the molecule is CCN(CCC(C)(C)C)C(=O)Cn1c(=O)c(C2CCCC2)cc2ccc(OC)cc21. The zero-order valence-corrected chi connectivity index (χ0v) is 19.2. The highest BCUT2D eigenvalue weighted by Gasteiger charge is 2.24. The van der Waals surface area contributed by atoms with E-state index in [0.717, 1.165) is 35.7 Å². The molecule has 1 aliphatic carbocycles. The number of hydrogen-bond acceptors (Lipinski definition) is 3. The molecule has 1 aliphatic rings. The second-order valence-electron chi connectivity index (χ2n) is 9.68. The number of ether oxygens (including phenoxy) is 1. The van der Waals surface area contributed by atoms with E-state index in [2.05, 4.69) is 20.8 Å². The van der Waals surface area contributed by atoms with Gasteiger partial charge in [0.1, 0.15) is 12.3 Å². The lowest BCUT2D eigenvalue weighted by atomic mass is 9.92. The van der Waals surface area contributed by atoms with E-state index in [9.17, 15) is 9.59 Å². The maximum Gasteiger partial charge on any atom is 0.255 e. The first-order valence-corrected chi connectivity index (χ1v) is 11.2. The molecule has 5 heteroatoms. The van der Waals surface area contributed by atoms with E-state index in [1.807, 2.05) is 36.1 Å². The number of amides is 1. The summed E-state index contributed by atoms with van der Waals surface area (Å²) in [5.41, 5.74) is 1.76. The van der Waals surface area contributed by atoms with Crippen LogP contribution >= 0.6 is 0 Å². The average molecular weight is 413 g/mol. The van der Waals surface area contributed by atoms with Crippen LogP contribution in [0.3, 0.4) is 0 Å². The van der Waals surface area contributed by atoms with Crippen molar-refractivity contribution >= 4 is 16.8 Å². The van der Waals surface area contributed by atoms with Gasteiger partial charge in [0.2, 0.25) is 5.91 Å². The largest absolute Gasteiger partial charge is 0.497 e. The van der Waals surface area contributed by atoms with Crippen molar-refractivity contribution in [2.24, 2.45) is 5.41 Å². The highest BCUT2D eigenvalue weighted by Crippen LogP contribution is 2.34. The number of aromatic nitrogens is 1. The third-order valence-corrected chi connectivity index (χ3v) is 6.29. The minimum Gasteiger partial charge on any atom is -0.497 e. The fourth-order valence-electron chi connectivity index (χ4n) is 4.35. The number of carbonyl (C=O) groups excluding carboxylic acids is 1. The Morgan fingerprint density at radius 2 is 1.90 bits per heavy atom. The summed E-state index contributed by atoms with van der Waals surface area (Å²) in [5, 5.41) is 0.989. The van der Waals surface area contributed by atoms with Gasteiger partial charge in [0.25, 0.3) is 5.56 Å². The fourth-order valence-corrected chi connectivity index (χ4v) is 4.35. The van der Waals surface area contributed by atoms with Crippen molar-refractivity contribution in [3.05, 3.63) is 40.2 Å². The minimum absolute atomic E-state index is 0.00320. The molecule has 0 spiro atoms. The number of rotatable bonds is 7. The summed E-state index contributed by atoms with van der Waals surface area (Å²) >= 11 is 0. The molecule has 1 fully saturated rings. The highest BCUT2D eigenvalue weighted by atomic mass is 16.5. The Morgan fingerprint density at radius 1 is 1.20 bits per heavy atom. The molecule has 0 bridgehead atoms. The van der Waals surface area contributed by atoms with Gasteiger partial charge in [-0.3, -0.25) is 14.2 Å². The fraction of sp³-hybridized carbons (Fsp3) is 0.600. The maximum absolute atomic E-state index is 13.5. The first-order chi connectivity index (χ1) is 14.2. The standard InChI is InChI=1S/C25H36N2O3/c1-6-26(14-13-25(2,3)4)23(28)17-27-22-16-20(30-5)12-11-19(22)15-21(24(27)29)18-9-7-8-10-18/h11-12,15-16,18H,6-10,13-14,17H2,1-5H3. The molecule has 3 rings (SSSR count). The van der Waals surface area contributed by atoms with E-state index in [1.165, 1.54) is 12.8 Å². The van der Waals surface area contributed by atoms with Crippen molar-refractivity contribution in [2.75, 3.05) is 20.2 Å². The van der Waals surface area contributed by atoms with Crippen LogP contribution < -0.4 is 10.3 Å². The van der Waals surface area contributed by atoms with Gasteiger partial charge in [0.15, 0.2) is 0 Å². The van der Waals surface area contributed by atoms with Crippen LogP contribution in [0.2, 0.25) is 0 Å². The molecule has 0 unspecified atom stereocenters. The minimum atomic E-state index is -0.0251. The van der Waals surface area contributed by atoms with Crippen LogP contribution in [0, 0.1) is 5.41 Å². The van der Waals surface area contributed by atoms with Gasteiger partial charge in [-0.15, -0.1) is 0 Å². The second kappa shape index (κ2) is 9.23. The summed E-state index contributed by atoms with van der Waals surface area (Å²) in [5.74, 6) is 0.988. The number of methoxy groups -OCH3 is 1. The molecule has 1 saturated carbocycles. The van der Waals surface area contributed by atoms with Gasteiger partial charge in [0.05, 0.1) is 12.6 Å². The molecule has 0 saturated heterocycles. The van der Waals surface area contributed by atoms with Gasteiger partial charge in [0, 0.05) is 24.7 Å². The third-order valence-electron chi connectivity index (χ3n) is 6.29. The van der Waals surface area contributed by atoms with E-state index >= 15 is 0 Å². The summed E-state index contributed by atoms with van der Waals surface area (Å²) < 4.78 is 7.06. The van der Waals surface area contributed by atoms with Crippen molar-refractivity contribution in [1.82, 2.24) is 9.47 Å². The third kappa shape index (κ3) is 5.05. The molecule has 2 aromatic rings. The Morgan fingerprint density at radius 3 is 2.50 bits per heavy atom. The summed E-state index contributed by atoms with van der Waals surface area (Å²) in [6, 6.07) is 7.81. The molecular weight excluding hydrogens is 376 g/mol. The Bertz CT molecular complexity index is 949. The normalized spacial score (nSPS) is 15.0. The smallest absolute Gasteiger partial charge is 0.255 e. The highest BCUT2D eigenvalue weighted by molar-refractivity contribution is 5.84. The van der Waals surface area contributed by atoms with Crippen LogP contribution in [0.15, 0.2) is 29.1 Å². The van der Waals surface area contributed by atoms with Gasteiger partial charge in [-0.05, 0) is 61.1 Å². The molecule has 30 heavy (non-hydrogen) atoms. The van der Waals surface area contributed by atoms with Crippen molar-refractivity contribution in [3.8, 4) is 5.75 Å². The number of nitrogens with zero attached hydrogens (tertiary/aromatic N) is 2. The van der Waals surface area contributed by atoms with Crippen molar-refractivity contribution < 1.29 is 9.53 Å². The van der Waals surface area contributed by atoms with E-state index in [-0.39, 0.29) is 23.4 Å². The maximum atomic E-state index is 13.5. The molecule has 0 atom stereocenters. The van der Waals surface area contributed by atoms with Crippen molar-refractivity contribution in [3.63, 3.8) is 0 Å². The van der Waals surface area contributed by atoms with E-state index in [0.29, 0.717) is 24.8 Å². The molecule has 0 N–H and O–H groups in total. The van der Waals surface area contributed by atoms with E-state index < -0.39 is 0 Å². The van der Waals surface area contributed by atoms with Gasteiger partial charge < -0.3 is 9.64 Å². The Labute approximate surface area is 180 Å². The molecule has 1 heterocycles. The summed E-state index contributed by atoms with van der Waals surface area (Å²) in [6.07, 6.45) is 5.37. The van der Waals surface area contributed by atoms with Crippen molar-refractivity contribution in [1.29, 1.82) is 0 Å². The summed E-state index contributed by atoms with van der Waals surface area (Å²) in [6.45, 7) is 9.97. The lowest BCUT2D eigenvalue weighted by Crippen LogP contribution is -2.38. The van der Waals surface area contributed by atoms with Gasteiger partial charge in [-0.1, -0.05) is 33.6 Å². The van der Waals surface area contributed by atoms with Gasteiger partial charge in [-0.25, -0.2) is 0 Å². The predicted molar refractivity (Wildman–Crippen MR) is 122 cm³/mol. The molecule has 1 aromatic heterocycles. The lowest BCUT2D eigenvalue weighted by molar-refractivity contribution is -0.131. The quantitative estimate of drug-likeness (QED) is 0.646.